The van der Waals surface area contributed by atoms with E-state index >= 15 is 0 Å². The quantitative estimate of drug-likeness (QED) is 0.844. The van der Waals surface area contributed by atoms with Crippen LogP contribution in [-0.4, -0.2) is 26.3 Å². The van der Waals surface area contributed by atoms with Gasteiger partial charge in [-0.15, -0.1) is 11.8 Å². The molecule has 1 amide bonds. The summed E-state index contributed by atoms with van der Waals surface area (Å²) in [5.41, 5.74) is 1.91. The largest absolute Gasteiger partial charge is 0.321 e. The second-order valence-electron chi connectivity index (χ2n) is 5.38. The van der Waals surface area contributed by atoms with Gasteiger partial charge in [-0.05, 0) is 24.6 Å². The first-order chi connectivity index (χ1) is 10.9. The SMILES string of the molecule is Cc1nn(C)c(Cl)c1C1SCC(=O)N1Cc1cc(F)cc(F)c1. The van der Waals surface area contributed by atoms with Gasteiger partial charge in [0.05, 0.1) is 11.4 Å². The first kappa shape index (κ1) is 16.3. The maximum absolute atomic E-state index is 13.4. The molecule has 1 fully saturated rings. The molecule has 0 aliphatic carbocycles. The van der Waals surface area contributed by atoms with Crippen molar-refractivity contribution in [2.45, 2.75) is 18.8 Å². The highest BCUT2D eigenvalue weighted by atomic mass is 35.5. The smallest absolute Gasteiger partial charge is 0.234 e. The van der Waals surface area contributed by atoms with Gasteiger partial charge in [-0.2, -0.15) is 5.10 Å². The lowest BCUT2D eigenvalue weighted by atomic mass is 10.1. The van der Waals surface area contributed by atoms with Crippen molar-refractivity contribution in [3.8, 4) is 0 Å². The van der Waals surface area contributed by atoms with E-state index in [0.717, 1.165) is 17.3 Å². The van der Waals surface area contributed by atoms with Gasteiger partial charge >= 0.3 is 0 Å². The van der Waals surface area contributed by atoms with Gasteiger partial charge in [-0.3, -0.25) is 9.48 Å². The summed E-state index contributed by atoms with van der Waals surface area (Å²) in [5, 5.41) is 4.42. The van der Waals surface area contributed by atoms with Crippen molar-refractivity contribution >= 4 is 29.3 Å². The van der Waals surface area contributed by atoms with E-state index in [0.29, 0.717) is 16.5 Å². The van der Waals surface area contributed by atoms with Gasteiger partial charge in [0.2, 0.25) is 5.91 Å². The number of benzene rings is 1. The van der Waals surface area contributed by atoms with E-state index in [1.54, 1.807) is 16.6 Å². The van der Waals surface area contributed by atoms with Crippen LogP contribution in [0.5, 0.6) is 0 Å². The second-order valence-corrected chi connectivity index (χ2v) is 6.80. The van der Waals surface area contributed by atoms with Crippen LogP contribution in [0, 0.1) is 18.6 Å². The number of aromatic nitrogens is 2. The van der Waals surface area contributed by atoms with Crippen LogP contribution in [0.1, 0.15) is 22.2 Å². The molecule has 1 aliphatic heterocycles. The van der Waals surface area contributed by atoms with E-state index in [2.05, 4.69) is 5.10 Å². The lowest BCUT2D eigenvalue weighted by Gasteiger charge is -2.24. The molecule has 4 nitrogen and oxygen atoms in total. The molecule has 1 aliphatic rings. The molecule has 23 heavy (non-hydrogen) atoms. The molecule has 0 saturated carbocycles. The Bertz CT molecular complexity index is 760. The van der Waals surface area contributed by atoms with E-state index in [1.807, 2.05) is 6.92 Å². The second kappa shape index (κ2) is 6.13. The lowest BCUT2D eigenvalue weighted by Crippen LogP contribution is -2.28. The fourth-order valence-electron chi connectivity index (χ4n) is 2.69. The molecule has 8 heteroatoms. The topological polar surface area (TPSA) is 38.1 Å². The van der Waals surface area contributed by atoms with Crippen LogP contribution in [0.3, 0.4) is 0 Å². The third-order valence-electron chi connectivity index (χ3n) is 3.69. The summed E-state index contributed by atoms with van der Waals surface area (Å²) in [6.07, 6.45) is 0. The predicted octanol–water partition coefficient (Wildman–Crippen LogP) is 3.43. The van der Waals surface area contributed by atoms with Gasteiger partial charge < -0.3 is 4.90 Å². The number of aryl methyl sites for hydroxylation is 2. The molecule has 1 saturated heterocycles. The van der Waals surface area contributed by atoms with Crippen molar-refractivity contribution < 1.29 is 13.6 Å². The third kappa shape index (κ3) is 3.07. The number of hydrogen-bond donors (Lipinski definition) is 0. The van der Waals surface area contributed by atoms with Gasteiger partial charge in [0.25, 0.3) is 0 Å². The molecule has 0 spiro atoms. The van der Waals surface area contributed by atoms with Crippen LogP contribution in [-0.2, 0) is 18.4 Å². The molecule has 0 radical (unpaired) electrons. The Morgan fingerprint density at radius 3 is 2.57 bits per heavy atom. The maximum Gasteiger partial charge on any atom is 0.234 e. The molecule has 1 aromatic heterocycles. The summed E-state index contributed by atoms with van der Waals surface area (Å²) in [4.78, 5) is 13.8. The fraction of sp³-hybridized carbons (Fsp3) is 0.333. The summed E-state index contributed by atoms with van der Waals surface area (Å²) in [6.45, 7) is 1.94. The molecular formula is C15H14ClF2N3OS. The minimum Gasteiger partial charge on any atom is -0.321 e. The number of thioether (sulfide) groups is 1. The Labute approximate surface area is 141 Å². The van der Waals surface area contributed by atoms with Crippen molar-refractivity contribution in [2.24, 2.45) is 7.05 Å². The van der Waals surface area contributed by atoms with Crippen molar-refractivity contribution in [3.63, 3.8) is 0 Å². The Morgan fingerprint density at radius 1 is 1.35 bits per heavy atom. The molecular weight excluding hydrogens is 344 g/mol. The number of carbonyl (C=O) groups is 1. The number of amides is 1. The monoisotopic (exact) mass is 357 g/mol. The average molecular weight is 358 g/mol. The summed E-state index contributed by atoms with van der Waals surface area (Å²) in [7, 11) is 1.73. The van der Waals surface area contributed by atoms with Crippen molar-refractivity contribution in [1.82, 2.24) is 14.7 Å². The molecule has 2 heterocycles. The average Bonchev–Trinajstić information content (AvgIpc) is 2.91. The summed E-state index contributed by atoms with van der Waals surface area (Å²) in [5.74, 6) is -1.12. The lowest BCUT2D eigenvalue weighted by molar-refractivity contribution is -0.128. The minimum absolute atomic E-state index is 0.0935. The molecule has 3 rings (SSSR count). The van der Waals surface area contributed by atoms with Crippen LogP contribution in [0.15, 0.2) is 18.2 Å². The summed E-state index contributed by atoms with van der Waals surface area (Å²) in [6, 6.07) is 3.27. The van der Waals surface area contributed by atoms with Crippen LogP contribution < -0.4 is 0 Å². The molecule has 1 atom stereocenters. The van der Waals surface area contributed by atoms with Crippen molar-refractivity contribution in [1.29, 1.82) is 0 Å². The first-order valence-corrected chi connectivity index (χ1v) is 8.34. The highest BCUT2D eigenvalue weighted by Gasteiger charge is 2.36. The van der Waals surface area contributed by atoms with Crippen LogP contribution in [0.2, 0.25) is 5.15 Å². The number of hydrogen-bond acceptors (Lipinski definition) is 3. The summed E-state index contributed by atoms with van der Waals surface area (Å²) < 4.78 is 28.3. The van der Waals surface area contributed by atoms with Crippen LogP contribution >= 0.6 is 23.4 Å². The molecule has 2 aromatic rings. The Balaban J connectivity index is 1.94. The molecule has 1 aromatic carbocycles. The number of nitrogens with zero attached hydrogens (tertiary/aromatic N) is 3. The van der Waals surface area contributed by atoms with E-state index in [9.17, 15) is 13.6 Å². The zero-order chi connectivity index (χ0) is 16.7. The van der Waals surface area contributed by atoms with Gasteiger partial charge in [0, 0.05) is 25.2 Å². The number of halogens is 3. The van der Waals surface area contributed by atoms with Gasteiger partial charge in [-0.25, -0.2) is 8.78 Å². The molecule has 1 unspecified atom stereocenters. The number of rotatable bonds is 3. The van der Waals surface area contributed by atoms with Gasteiger partial charge in [0.1, 0.15) is 22.2 Å². The Morgan fingerprint density at radius 2 is 2.00 bits per heavy atom. The van der Waals surface area contributed by atoms with E-state index in [1.165, 1.54) is 23.9 Å². The van der Waals surface area contributed by atoms with E-state index in [-0.39, 0.29) is 17.8 Å². The highest BCUT2D eigenvalue weighted by Crippen LogP contribution is 2.43. The zero-order valence-electron chi connectivity index (χ0n) is 12.5. The van der Waals surface area contributed by atoms with Gasteiger partial charge in [-0.1, -0.05) is 11.6 Å². The predicted molar refractivity (Wildman–Crippen MR) is 85.1 cm³/mol. The number of carbonyl (C=O) groups excluding carboxylic acids is 1. The summed E-state index contributed by atoms with van der Waals surface area (Å²) >= 11 is 7.72. The normalized spacial score (nSPS) is 18.0. The van der Waals surface area contributed by atoms with E-state index < -0.39 is 11.6 Å². The third-order valence-corrected chi connectivity index (χ3v) is 5.35. The zero-order valence-corrected chi connectivity index (χ0v) is 14.1. The van der Waals surface area contributed by atoms with Gasteiger partial charge in [0.15, 0.2) is 0 Å². The molecule has 0 N–H and O–H groups in total. The maximum atomic E-state index is 13.4. The first-order valence-electron chi connectivity index (χ1n) is 6.92. The molecule has 0 bridgehead atoms. The van der Waals surface area contributed by atoms with Crippen molar-refractivity contribution in [2.75, 3.05) is 5.75 Å². The van der Waals surface area contributed by atoms with Crippen LogP contribution in [0.4, 0.5) is 8.78 Å². The Kier molecular flexibility index (Phi) is 4.33. The Hall–Kier alpha value is -1.60. The fourth-order valence-corrected chi connectivity index (χ4v) is 4.32. The van der Waals surface area contributed by atoms with E-state index in [4.69, 9.17) is 11.6 Å². The highest BCUT2D eigenvalue weighted by molar-refractivity contribution is 8.00. The molecule has 122 valence electrons. The standard InChI is InChI=1S/C15H14ClF2N3OS/c1-8-13(14(16)20(2)19-8)15-21(12(22)7-23-15)6-9-3-10(17)5-11(18)4-9/h3-5,15H,6-7H2,1-2H3. The minimum atomic E-state index is -0.661. The van der Waals surface area contributed by atoms with Crippen molar-refractivity contribution in [3.05, 3.63) is 51.8 Å². The van der Waals surface area contributed by atoms with Crippen LogP contribution in [0.25, 0.3) is 0 Å².